The molecule has 0 saturated carbocycles. The molecule has 3 aromatic rings. The van der Waals surface area contributed by atoms with Gasteiger partial charge in [0, 0.05) is 50.1 Å². The summed E-state index contributed by atoms with van der Waals surface area (Å²) in [5.74, 6) is -1.63. The highest BCUT2D eigenvalue weighted by Gasteiger charge is 2.30. The molecule has 252 valence electrons. The summed E-state index contributed by atoms with van der Waals surface area (Å²) in [6.45, 7) is 13.6. The molecule has 12 heteroatoms. The van der Waals surface area contributed by atoms with Crippen molar-refractivity contribution in [2.75, 3.05) is 26.8 Å². The first-order valence-corrected chi connectivity index (χ1v) is 15.8. The third-order valence-corrected chi connectivity index (χ3v) is 7.59. The lowest BCUT2D eigenvalue weighted by Gasteiger charge is -2.21. The first-order valence-electron chi connectivity index (χ1n) is 15.8. The van der Waals surface area contributed by atoms with E-state index < -0.39 is 17.4 Å². The molecule has 0 radical (unpaired) electrons. The fourth-order valence-electron chi connectivity index (χ4n) is 5.51. The van der Waals surface area contributed by atoms with Crippen LogP contribution in [0.2, 0.25) is 0 Å². The number of carbonyl (C=O) groups excluding carboxylic acids is 3. The van der Waals surface area contributed by atoms with Crippen LogP contribution in [0.25, 0.3) is 22.3 Å². The lowest BCUT2D eigenvalue weighted by molar-refractivity contribution is -0.142. The Bertz CT molecular complexity index is 1630. The molecule has 0 bridgehead atoms. The van der Waals surface area contributed by atoms with E-state index in [4.69, 9.17) is 20.2 Å². The molecule has 1 aliphatic carbocycles. The maximum atomic E-state index is 14.5. The number of pyridine rings is 2. The average molecular weight is 643 g/mol. The first-order chi connectivity index (χ1) is 22.0. The second kappa shape index (κ2) is 17.4. The summed E-state index contributed by atoms with van der Waals surface area (Å²) in [5, 5.41) is 11.4. The van der Waals surface area contributed by atoms with Crippen molar-refractivity contribution in [1.29, 1.82) is 0 Å². The van der Waals surface area contributed by atoms with Gasteiger partial charge in [0.2, 0.25) is 11.8 Å². The molecule has 0 saturated heterocycles. The van der Waals surface area contributed by atoms with Gasteiger partial charge in [0.05, 0.1) is 42.2 Å². The number of hydrogen-bond acceptors (Lipinski definition) is 8. The van der Waals surface area contributed by atoms with Crippen molar-refractivity contribution in [2.24, 2.45) is 5.73 Å². The van der Waals surface area contributed by atoms with E-state index in [0.29, 0.717) is 48.6 Å². The van der Waals surface area contributed by atoms with Gasteiger partial charge in [-0.3, -0.25) is 19.2 Å². The molecule has 3 N–H and O–H groups in total. The number of hydrogen-bond donors (Lipinski definition) is 2. The standard InChI is InChI=1S/C22H19FN2O4.C8H16N2O3.2C2H6/c1-10-12-4-3-5-13-14-8-25-18(21(14)24-17(20(12)13)6-16(10)23)7-19(27)15(22(25)28)9-29-11(2)26;1-3-8(12)10(4-5-13-2)6-7(9)11;2*1-2/h6-7,27H,3-5,8-9H2,1-2H3;3-6H2,1-2H3,(H2,9,11);2*1-2H3. The Morgan fingerprint density at radius 1 is 1.11 bits per heavy atom. The van der Waals surface area contributed by atoms with Gasteiger partial charge in [0.15, 0.2) is 0 Å². The molecule has 0 spiro atoms. The van der Waals surface area contributed by atoms with E-state index in [-0.39, 0.29) is 36.2 Å². The molecular formula is C34H47FN4O7. The fourth-order valence-corrected chi connectivity index (χ4v) is 5.51. The number of aromatic nitrogens is 2. The summed E-state index contributed by atoms with van der Waals surface area (Å²) >= 11 is 0. The van der Waals surface area contributed by atoms with Crippen molar-refractivity contribution in [3.8, 4) is 17.1 Å². The summed E-state index contributed by atoms with van der Waals surface area (Å²) in [5.41, 5.74) is 10.0. The molecule has 2 aliphatic rings. The number of halogens is 1. The summed E-state index contributed by atoms with van der Waals surface area (Å²) in [4.78, 5) is 52.0. The Morgan fingerprint density at radius 3 is 2.35 bits per heavy atom. The van der Waals surface area contributed by atoms with Gasteiger partial charge in [-0.25, -0.2) is 9.37 Å². The van der Waals surface area contributed by atoms with Crippen LogP contribution in [0.1, 0.15) is 82.2 Å². The van der Waals surface area contributed by atoms with E-state index >= 15 is 0 Å². The normalized spacial score (nSPS) is 11.8. The molecular weight excluding hydrogens is 595 g/mol. The monoisotopic (exact) mass is 642 g/mol. The number of aromatic hydroxyl groups is 1. The minimum atomic E-state index is -0.528. The molecule has 1 aromatic carbocycles. The smallest absolute Gasteiger partial charge is 0.302 e. The third-order valence-electron chi connectivity index (χ3n) is 7.59. The van der Waals surface area contributed by atoms with Crippen LogP contribution >= 0.6 is 0 Å². The molecule has 3 heterocycles. The number of nitrogens with zero attached hydrogens (tertiary/aromatic N) is 3. The predicted octanol–water partition coefficient (Wildman–Crippen LogP) is 4.54. The fraction of sp³-hybridized carbons (Fsp3) is 0.500. The van der Waals surface area contributed by atoms with E-state index in [1.165, 1.54) is 24.0 Å². The number of primary amides is 1. The molecule has 0 unspecified atom stereocenters. The van der Waals surface area contributed by atoms with Crippen molar-refractivity contribution < 1.29 is 33.4 Å². The van der Waals surface area contributed by atoms with Gasteiger partial charge in [-0.05, 0) is 42.9 Å². The maximum Gasteiger partial charge on any atom is 0.302 e. The molecule has 11 nitrogen and oxygen atoms in total. The van der Waals surface area contributed by atoms with Crippen molar-refractivity contribution in [1.82, 2.24) is 14.5 Å². The highest BCUT2D eigenvalue weighted by molar-refractivity contribution is 5.92. The summed E-state index contributed by atoms with van der Waals surface area (Å²) < 4.78 is 25.7. The lowest BCUT2D eigenvalue weighted by Crippen LogP contribution is -2.39. The van der Waals surface area contributed by atoms with Gasteiger partial charge in [0.25, 0.3) is 5.56 Å². The van der Waals surface area contributed by atoms with E-state index in [2.05, 4.69) is 0 Å². The molecule has 1 aliphatic heterocycles. The van der Waals surface area contributed by atoms with E-state index in [0.717, 1.165) is 41.3 Å². The van der Waals surface area contributed by atoms with Crippen LogP contribution in [0.4, 0.5) is 4.39 Å². The Hall–Kier alpha value is -4.32. The number of benzene rings is 1. The van der Waals surface area contributed by atoms with Crippen LogP contribution in [0, 0.1) is 12.7 Å². The van der Waals surface area contributed by atoms with Crippen LogP contribution < -0.4 is 11.3 Å². The van der Waals surface area contributed by atoms with E-state index in [1.807, 2.05) is 27.7 Å². The van der Waals surface area contributed by atoms with E-state index in [9.17, 15) is 28.7 Å². The number of amides is 2. The van der Waals surface area contributed by atoms with Crippen molar-refractivity contribution in [2.45, 2.75) is 87.3 Å². The predicted molar refractivity (Wildman–Crippen MR) is 175 cm³/mol. The maximum absolute atomic E-state index is 14.5. The van der Waals surface area contributed by atoms with E-state index in [1.54, 1.807) is 25.5 Å². The first kappa shape index (κ1) is 37.9. The highest BCUT2D eigenvalue weighted by atomic mass is 19.1. The van der Waals surface area contributed by atoms with Crippen molar-refractivity contribution >= 4 is 28.7 Å². The zero-order valence-corrected chi connectivity index (χ0v) is 28.2. The quantitative estimate of drug-likeness (QED) is 0.266. The molecule has 0 atom stereocenters. The number of fused-ring (bicyclic) bond motifs is 4. The second-order valence-corrected chi connectivity index (χ2v) is 10.3. The molecule has 0 fully saturated rings. The van der Waals surface area contributed by atoms with Gasteiger partial charge in [0.1, 0.15) is 18.2 Å². The summed E-state index contributed by atoms with van der Waals surface area (Å²) in [6, 6.07) is 2.94. The highest BCUT2D eigenvalue weighted by Crippen LogP contribution is 2.41. The minimum Gasteiger partial charge on any atom is -0.507 e. The number of methoxy groups -OCH3 is 1. The topological polar surface area (TPSA) is 154 Å². The van der Waals surface area contributed by atoms with Crippen LogP contribution in [0.3, 0.4) is 0 Å². The van der Waals surface area contributed by atoms with Crippen LogP contribution in [0.15, 0.2) is 16.9 Å². The minimum absolute atomic E-state index is 0.0317. The second-order valence-electron chi connectivity index (χ2n) is 10.3. The van der Waals surface area contributed by atoms with Crippen LogP contribution in [0.5, 0.6) is 5.75 Å². The number of aryl methyl sites for hydroxylation is 2. The van der Waals surface area contributed by atoms with Gasteiger partial charge in [-0.1, -0.05) is 34.6 Å². The van der Waals surface area contributed by atoms with Crippen LogP contribution in [-0.4, -0.2) is 64.1 Å². The van der Waals surface area contributed by atoms with Gasteiger partial charge < -0.3 is 29.8 Å². The number of rotatable bonds is 8. The SMILES string of the molecule is CC.CC.CC(=O)OCc1c(O)cc2n(c1=O)Cc1c-2nc2cc(F)c(C)c3c2c1CCC3.CCC(=O)N(CCOC)CC(N)=O. The van der Waals surface area contributed by atoms with Gasteiger partial charge in [-0.2, -0.15) is 0 Å². The molecule has 2 amide bonds. The average Bonchev–Trinajstić information content (AvgIpc) is 3.41. The Morgan fingerprint density at radius 2 is 1.76 bits per heavy atom. The zero-order valence-electron chi connectivity index (χ0n) is 28.2. The number of carbonyl (C=O) groups is 3. The summed E-state index contributed by atoms with van der Waals surface area (Å²) in [6.07, 6.45) is 2.94. The zero-order chi connectivity index (χ0) is 34.7. The van der Waals surface area contributed by atoms with Crippen molar-refractivity contribution in [3.63, 3.8) is 0 Å². The van der Waals surface area contributed by atoms with Crippen molar-refractivity contribution in [3.05, 3.63) is 56.1 Å². The van der Waals surface area contributed by atoms with Crippen LogP contribution in [-0.2, 0) is 49.9 Å². The lowest BCUT2D eigenvalue weighted by atomic mass is 9.85. The Labute approximate surface area is 269 Å². The Kier molecular flexibility index (Phi) is 14.3. The van der Waals surface area contributed by atoms with Gasteiger partial charge >= 0.3 is 5.97 Å². The molecule has 46 heavy (non-hydrogen) atoms. The summed E-state index contributed by atoms with van der Waals surface area (Å²) in [7, 11) is 1.54. The molecule has 5 rings (SSSR count). The number of ether oxygens (including phenoxy) is 2. The third kappa shape index (κ3) is 8.28. The largest absolute Gasteiger partial charge is 0.507 e. The molecule has 2 aromatic heterocycles. The van der Waals surface area contributed by atoms with Gasteiger partial charge in [-0.15, -0.1) is 0 Å². The Balaban J connectivity index is 0.000000368. The number of esters is 1. The number of nitrogens with two attached hydrogens (primary N) is 1.